The average Bonchev–Trinajstić information content (AvgIpc) is 3.31. The molecular formula is C24H36N2O3. The van der Waals surface area contributed by atoms with E-state index in [9.17, 15) is 9.90 Å². The third kappa shape index (κ3) is 2.72. The zero-order chi connectivity index (χ0) is 20.4. The fourth-order valence-corrected chi connectivity index (χ4v) is 7.75. The number of hydrogen-bond donors (Lipinski definition) is 2. The Hall–Kier alpha value is -1.20. The minimum atomic E-state index is -0.904. The van der Waals surface area contributed by atoms with E-state index in [-0.39, 0.29) is 16.9 Å². The van der Waals surface area contributed by atoms with E-state index in [1.54, 1.807) is 0 Å². The van der Waals surface area contributed by atoms with Crippen molar-refractivity contribution in [2.75, 3.05) is 13.1 Å². The predicted octanol–water partition coefficient (Wildman–Crippen LogP) is 3.61. The van der Waals surface area contributed by atoms with E-state index in [2.05, 4.69) is 30.9 Å². The molecule has 0 aromatic rings. The number of oxime groups is 1. The van der Waals surface area contributed by atoms with Crippen molar-refractivity contribution in [2.24, 2.45) is 33.7 Å². The Morgan fingerprint density at radius 1 is 1.17 bits per heavy atom. The first-order valence-corrected chi connectivity index (χ1v) is 11.6. The van der Waals surface area contributed by atoms with Crippen LogP contribution in [0.5, 0.6) is 0 Å². The molecule has 1 saturated heterocycles. The Bertz CT molecular complexity index is 757. The summed E-state index contributed by atoms with van der Waals surface area (Å²) >= 11 is 0. The lowest BCUT2D eigenvalue weighted by atomic mass is 9.43. The van der Waals surface area contributed by atoms with Crippen LogP contribution in [-0.4, -0.2) is 41.4 Å². The highest BCUT2D eigenvalue weighted by Crippen LogP contribution is 2.67. The van der Waals surface area contributed by atoms with Crippen molar-refractivity contribution in [3.05, 3.63) is 12.2 Å². The molecule has 2 N–H and O–H groups in total. The summed E-state index contributed by atoms with van der Waals surface area (Å²) in [6.07, 6.45) is 8.14. The standard InChI is InChI=1S/C24H36N2O3/c1-15-12-18-19-4-5-21(27)22(19,2)9-7-20(18)23(3)10-6-16(13-24(15,23)28)26-29-17-8-11-25-14-17/h17-20,25,28H,1,4-14H2,2-3H3/t17?,18?,19?,20?,22-,23+,24-/m0/s1. The molecule has 0 aromatic heterocycles. The molecule has 7 atom stereocenters. The summed E-state index contributed by atoms with van der Waals surface area (Å²) in [5.41, 5.74) is 0.706. The van der Waals surface area contributed by atoms with E-state index >= 15 is 0 Å². The fourth-order valence-electron chi connectivity index (χ4n) is 7.75. The van der Waals surface area contributed by atoms with E-state index in [0.717, 1.165) is 75.7 Å². The fraction of sp³-hybridized carbons (Fsp3) is 0.833. The molecule has 0 amide bonds. The molecule has 5 aliphatic rings. The summed E-state index contributed by atoms with van der Waals surface area (Å²) in [5, 5.41) is 19.7. The molecule has 4 unspecified atom stereocenters. The summed E-state index contributed by atoms with van der Waals surface area (Å²) in [6.45, 7) is 10.7. The van der Waals surface area contributed by atoms with Crippen LogP contribution in [0.4, 0.5) is 0 Å². The van der Waals surface area contributed by atoms with Gasteiger partial charge in [-0.2, -0.15) is 0 Å². The van der Waals surface area contributed by atoms with Crippen molar-refractivity contribution in [3.8, 4) is 0 Å². The number of carbonyl (C=O) groups is 1. The van der Waals surface area contributed by atoms with Crippen LogP contribution >= 0.6 is 0 Å². The summed E-state index contributed by atoms with van der Waals surface area (Å²) in [5.74, 6) is 1.87. The zero-order valence-corrected chi connectivity index (χ0v) is 18.0. The number of rotatable bonds is 2. The summed E-state index contributed by atoms with van der Waals surface area (Å²) in [4.78, 5) is 18.4. The molecule has 29 heavy (non-hydrogen) atoms. The van der Waals surface area contributed by atoms with Gasteiger partial charge in [0.05, 0.1) is 11.3 Å². The highest BCUT2D eigenvalue weighted by atomic mass is 16.6. The second-order valence-corrected chi connectivity index (χ2v) is 10.9. The van der Waals surface area contributed by atoms with Gasteiger partial charge in [0, 0.05) is 36.6 Å². The Balaban J connectivity index is 1.40. The maximum Gasteiger partial charge on any atom is 0.141 e. The van der Waals surface area contributed by atoms with Crippen molar-refractivity contribution in [2.45, 2.75) is 83.3 Å². The van der Waals surface area contributed by atoms with E-state index in [1.807, 2.05) is 0 Å². The topological polar surface area (TPSA) is 70.9 Å². The SMILES string of the molecule is C=C1CC2C3CCC(=O)[C@@]3(C)CCC2[C@@]2(C)CCC(=NOC3CCNC3)C[C@]12O. The molecule has 4 aliphatic carbocycles. The van der Waals surface area contributed by atoms with Crippen LogP contribution in [0, 0.1) is 28.6 Å². The van der Waals surface area contributed by atoms with E-state index < -0.39 is 5.60 Å². The van der Waals surface area contributed by atoms with Crippen molar-refractivity contribution in [3.63, 3.8) is 0 Å². The molecule has 4 saturated carbocycles. The number of hydrogen-bond acceptors (Lipinski definition) is 5. The summed E-state index contributed by atoms with van der Waals surface area (Å²) < 4.78 is 0. The van der Waals surface area contributed by atoms with Gasteiger partial charge in [0.15, 0.2) is 0 Å². The van der Waals surface area contributed by atoms with Crippen molar-refractivity contribution < 1.29 is 14.7 Å². The molecule has 5 heteroatoms. The maximum atomic E-state index is 12.6. The molecule has 1 heterocycles. The molecule has 0 bridgehead atoms. The third-order valence-electron chi connectivity index (χ3n) is 9.72. The largest absolute Gasteiger partial charge is 0.391 e. The number of carbonyl (C=O) groups excluding carboxylic acids is 1. The van der Waals surface area contributed by atoms with Gasteiger partial charge in [-0.05, 0) is 68.4 Å². The van der Waals surface area contributed by atoms with Gasteiger partial charge in [-0.25, -0.2) is 0 Å². The van der Waals surface area contributed by atoms with Crippen LogP contribution < -0.4 is 5.32 Å². The lowest BCUT2D eigenvalue weighted by Gasteiger charge is -2.63. The van der Waals surface area contributed by atoms with E-state index in [1.165, 1.54) is 0 Å². The van der Waals surface area contributed by atoms with Crippen LogP contribution in [0.3, 0.4) is 0 Å². The molecule has 0 spiro atoms. The highest BCUT2D eigenvalue weighted by Gasteiger charge is 2.65. The second-order valence-electron chi connectivity index (χ2n) is 10.9. The van der Waals surface area contributed by atoms with Gasteiger partial charge in [-0.15, -0.1) is 0 Å². The molecule has 1 aliphatic heterocycles. The van der Waals surface area contributed by atoms with Crippen LogP contribution in [0.2, 0.25) is 0 Å². The normalized spacial score (nSPS) is 50.9. The Morgan fingerprint density at radius 2 is 2.00 bits per heavy atom. The molecule has 0 aromatic carbocycles. The smallest absolute Gasteiger partial charge is 0.141 e. The number of ketones is 1. The van der Waals surface area contributed by atoms with Gasteiger partial charge in [-0.3, -0.25) is 4.79 Å². The number of nitrogens with one attached hydrogen (secondary N) is 1. The lowest BCUT2D eigenvalue weighted by molar-refractivity contribution is -0.161. The van der Waals surface area contributed by atoms with Crippen molar-refractivity contribution in [1.29, 1.82) is 0 Å². The third-order valence-corrected chi connectivity index (χ3v) is 9.72. The molecule has 160 valence electrons. The Labute approximate surface area is 174 Å². The molecular weight excluding hydrogens is 364 g/mol. The van der Waals surface area contributed by atoms with Gasteiger partial charge in [-0.1, -0.05) is 25.6 Å². The average molecular weight is 401 g/mol. The zero-order valence-electron chi connectivity index (χ0n) is 18.0. The maximum absolute atomic E-state index is 12.6. The summed E-state index contributed by atoms with van der Waals surface area (Å²) in [6, 6.07) is 0. The monoisotopic (exact) mass is 400 g/mol. The van der Waals surface area contributed by atoms with Crippen LogP contribution in [0.15, 0.2) is 17.3 Å². The number of nitrogens with zero attached hydrogens (tertiary/aromatic N) is 1. The lowest BCUT2D eigenvalue weighted by Crippen LogP contribution is -2.63. The Kier molecular flexibility index (Phi) is 4.53. The molecule has 0 radical (unpaired) electrons. The van der Waals surface area contributed by atoms with E-state index in [0.29, 0.717) is 30.0 Å². The highest BCUT2D eigenvalue weighted by molar-refractivity contribution is 5.88. The van der Waals surface area contributed by atoms with Gasteiger partial charge in [0.1, 0.15) is 11.9 Å². The van der Waals surface area contributed by atoms with Gasteiger partial charge in [0.25, 0.3) is 0 Å². The number of aliphatic hydroxyl groups is 1. The molecule has 5 fully saturated rings. The minimum absolute atomic E-state index is 0.141. The van der Waals surface area contributed by atoms with Crippen LogP contribution in [-0.2, 0) is 9.63 Å². The number of fused-ring (bicyclic) bond motifs is 5. The number of Topliss-reactive ketones (excluding diaryl/α,β-unsaturated/α-hetero) is 1. The van der Waals surface area contributed by atoms with Gasteiger partial charge in [0.2, 0.25) is 0 Å². The van der Waals surface area contributed by atoms with Gasteiger partial charge < -0.3 is 15.3 Å². The molecule has 5 rings (SSSR count). The van der Waals surface area contributed by atoms with E-state index in [4.69, 9.17) is 4.84 Å². The first-order valence-electron chi connectivity index (χ1n) is 11.6. The molecule has 5 nitrogen and oxygen atoms in total. The van der Waals surface area contributed by atoms with Crippen molar-refractivity contribution in [1.82, 2.24) is 5.32 Å². The van der Waals surface area contributed by atoms with Crippen molar-refractivity contribution >= 4 is 11.5 Å². The first kappa shape index (κ1) is 19.7. The van der Waals surface area contributed by atoms with Crippen LogP contribution in [0.1, 0.15) is 71.6 Å². The quantitative estimate of drug-likeness (QED) is 0.549. The predicted molar refractivity (Wildman–Crippen MR) is 113 cm³/mol. The minimum Gasteiger partial charge on any atom is -0.391 e. The first-order chi connectivity index (χ1) is 13.8. The second kappa shape index (κ2) is 6.65. The Morgan fingerprint density at radius 3 is 2.76 bits per heavy atom. The summed E-state index contributed by atoms with van der Waals surface area (Å²) in [7, 11) is 0. The van der Waals surface area contributed by atoms with Gasteiger partial charge >= 0.3 is 0 Å². The van der Waals surface area contributed by atoms with Crippen LogP contribution in [0.25, 0.3) is 0 Å².